The highest BCUT2D eigenvalue weighted by atomic mass is 15.2. The van der Waals surface area contributed by atoms with Gasteiger partial charge in [0.05, 0.1) is 5.69 Å². The first kappa shape index (κ1) is 10.4. The van der Waals surface area contributed by atoms with Gasteiger partial charge in [-0.2, -0.15) is 0 Å². The van der Waals surface area contributed by atoms with E-state index in [1.54, 1.807) is 12.4 Å². The molecule has 0 aliphatic heterocycles. The molecule has 1 aliphatic rings. The van der Waals surface area contributed by atoms with Gasteiger partial charge in [-0.1, -0.05) is 0 Å². The van der Waals surface area contributed by atoms with Gasteiger partial charge >= 0.3 is 0 Å². The zero-order valence-corrected chi connectivity index (χ0v) is 9.40. The fourth-order valence-corrected chi connectivity index (χ4v) is 1.60. The Hall–Kier alpha value is -1.16. The van der Waals surface area contributed by atoms with E-state index < -0.39 is 0 Å². The van der Waals surface area contributed by atoms with Crippen LogP contribution in [0.25, 0.3) is 0 Å². The molecule has 82 valence electrons. The van der Waals surface area contributed by atoms with E-state index in [0.717, 1.165) is 30.6 Å². The maximum absolute atomic E-state index is 4.33. The molecule has 0 aromatic carbocycles. The van der Waals surface area contributed by atoms with E-state index in [9.17, 15) is 0 Å². The first-order chi connectivity index (χ1) is 7.27. The first-order valence-corrected chi connectivity index (χ1v) is 5.49. The van der Waals surface area contributed by atoms with Gasteiger partial charge in [0.1, 0.15) is 5.82 Å². The molecule has 1 aliphatic carbocycles. The molecule has 1 aromatic rings. The van der Waals surface area contributed by atoms with Crippen LogP contribution >= 0.6 is 0 Å². The quantitative estimate of drug-likeness (QED) is 0.779. The second kappa shape index (κ2) is 4.57. The molecule has 0 saturated heterocycles. The molecule has 1 heterocycles. The largest absolute Gasteiger partial charge is 0.357 e. The van der Waals surface area contributed by atoms with Crippen molar-refractivity contribution in [3.8, 4) is 0 Å². The predicted molar refractivity (Wildman–Crippen MR) is 61.1 cm³/mol. The number of hydrogen-bond donors (Lipinski definition) is 1. The van der Waals surface area contributed by atoms with Gasteiger partial charge in [0, 0.05) is 38.6 Å². The van der Waals surface area contributed by atoms with Gasteiger partial charge in [-0.15, -0.1) is 0 Å². The fraction of sp³-hybridized carbons (Fsp3) is 0.636. The molecule has 0 amide bonds. The van der Waals surface area contributed by atoms with Crippen LogP contribution in [0.15, 0.2) is 12.4 Å². The van der Waals surface area contributed by atoms with Crippen molar-refractivity contribution in [3.05, 3.63) is 18.1 Å². The van der Waals surface area contributed by atoms with Gasteiger partial charge in [0.15, 0.2) is 0 Å². The van der Waals surface area contributed by atoms with Crippen LogP contribution in [0.4, 0.5) is 5.82 Å². The maximum atomic E-state index is 4.33. The van der Waals surface area contributed by atoms with Crippen LogP contribution in [0, 0.1) is 6.92 Å². The Morgan fingerprint density at radius 1 is 1.40 bits per heavy atom. The molecule has 1 saturated carbocycles. The van der Waals surface area contributed by atoms with Crippen molar-refractivity contribution in [3.63, 3.8) is 0 Å². The van der Waals surface area contributed by atoms with Crippen molar-refractivity contribution in [1.29, 1.82) is 0 Å². The molecule has 15 heavy (non-hydrogen) atoms. The van der Waals surface area contributed by atoms with Crippen LogP contribution in [0.2, 0.25) is 0 Å². The third-order valence-electron chi connectivity index (χ3n) is 2.67. The van der Waals surface area contributed by atoms with Crippen LogP contribution < -0.4 is 10.2 Å². The lowest BCUT2D eigenvalue weighted by molar-refractivity contribution is 0.671. The lowest BCUT2D eigenvalue weighted by Crippen LogP contribution is -2.31. The summed E-state index contributed by atoms with van der Waals surface area (Å²) in [5.41, 5.74) is 0.992. The van der Waals surface area contributed by atoms with E-state index in [2.05, 4.69) is 27.2 Å². The Kier molecular flexibility index (Phi) is 3.16. The molecule has 0 unspecified atom stereocenters. The minimum atomic E-state index is 0.779. The Morgan fingerprint density at radius 2 is 2.13 bits per heavy atom. The van der Waals surface area contributed by atoms with E-state index in [0.29, 0.717) is 0 Å². The number of aryl methyl sites for hydroxylation is 1. The molecular weight excluding hydrogens is 188 g/mol. The summed E-state index contributed by atoms with van der Waals surface area (Å²) in [6, 6.07) is 0.779. The lowest BCUT2D eigenvalue weighted by Gasteiger charge is -2.19. The lowest BCUT2D eigenvalue weighted by atomic mass is 10.4. The summed E-state index contributed by atoms with van der Waals surface area (Å²) < 4.78 is 0. The number of aromatic nitrogens is 2. The number of nitrogens with zero attached hydrogens (tertiary/aromatic N) is 3. The summed E-state index contributed by atoms with van der Waals surface area (Å²) in [5, 5.41) is 3.49. The van der Waals surface area contributed by atoms with E-state index in [4.69, 9.17) is 0 Å². The van der Waals surface area contributed by atoms with E-state index in [-0.39, 0.29) is 0 Å². The topological polar surface area (TPSA) is 41.1 Å². The maximum Gasteiger partial charge on any atom is 0.149 e. The highest BCUT2D eigenvalue weighted by molar-refractivity contribution is 5.40. The fourth-order valence-electron chi connectivity index (χ4n) is 1.60. The summed E-state index contributed by atoms with van der Waals surface area (Å²) in [6.07, 6.45) is 6.16. The number of likely N-dealkylation sites (N-methyl/N-ethyl adjacent to an activating group) is 1. The standard InChI is InChI=1S/C11H18N4/c1-9-11(14-6-5-12-9)15(2)8-7-13-10-3-4-10/h5-6,10,13H,3-4,7-8H2,1-2H3. The van der Waals surface area contributed by atoms with Crippen LogP contribution in [-0.4, -0.2) is 36.1 Å². The molecule has 4 heteroatoms. The Labute approximate surface area is 90.7 Å². The Bertz CT molecular complexity index is 322. The van der Waals surface area contributed by atoms with Crippen molar-refractivity contribution in [2.24, 2.45) is 0 Å². The SMILES string of the molecule is Cc1nccnc1N(C)CCNC1CC1. The van der Waals surface area contributed by atoms with Crippen molar-refractivity contribution in [2.45, 2.75) is 25.8 Å². The minimum Gasteiger partial charge on any atom is -0.357 e. The molecule has 0 spiro atoms. The van der Waals surface area contributed by atoms with Crippen LogP contribution in [0.3, 0.4) is 0 Å². The highest BCUT2D eigenvalue weighted by Gasteiger charge is 2.19. The average Bonchev–Trinajstić information content (AvgIpc) is 3.02. The third kappa shape index (κ3) is 2.89. The highest BCUT2D eigenvalue weighted by Crippen LogP contribution is 2.18. The zero-order chi connectivity index (χ0) is 10.7. The second-order valence-electron chi connectivity index (χ2n) is 4.12. The molecule has 2 rings (SSSR count). The van der Waals surface area contributed by atoms with Gasteiger partial charge in [0.2, 0.25) is 0 Å². The number of anilines is 1. The summed E-state index contributed by atoms with van der Waals surface area (Å²) in [6.45, 7) is 4.00. The first-order valence-electron chi connectivity index (χ1n) is 5.49. The van der Waals surface area contributed by atoms with E-state index >= 15 is 0 Å². The van der Waals surface area contributed by atoms with Gasteiger partial charge in [-0.3, -0.25) is 4.98 Å². The van der Waals surface area contributed by atoms with Crippen molar-refractivity contribution in [2.75, 3.05) is 25.0 Å². The predicted octanol–water partition coefficient (Wildman–Crippen LogP) is 0.973. The van der Waals surface area contributed by atoms with Crippen molar-refractivity contribution in [1.82, 2.24) is 15.3 Å². The van der Waals surface area contributed by atoms with E-state index in [1.165, 1.54) is 12.8 Å². The van der Waals surface area contributed by atoms with Gasteiger partial charge in [-0.05, 0) is 19.8 Å². The van der Waals surface area contributed by atoms with Gasteiger partial charge in [0.25, 0.3) is 0 Å². The van der Waals surface area contributed by atoms with Gasteiger partial charge < -0.3 is 10.2 Å². The molecule has 0 radical (unpaired) electrons. The third-order valence-corrected chi connectivity index (χ3v) is 2.67. The van der Waals surface area contributed by atoms with Crippen LogP contribution in [-0.2, 0) is 0 Å². The zero-order valence-electron chi connectivity index (χ0n) is 9.40. The van der Waals surface area contributed by atoms with Crippen LogP contribution in [0.5, 0.6) is 0 Å². The summed E-state index contributed by atoms with van der Waals surface area (Å²) in [4.78, 5) is 10.7. The normalized spacial score (nSPS) is 15.3. The monoisotopic (exact) mass is 206 g/mol. The molecule has 1 aromatic heterocycles. The van der Waals surface area contributed by atoms with E-state index in [1.807, 2.05) is 6.92 Å². The second-order valence-corrected chi connectivity index (χ2v) is 4.12. The van der Waals surface area contributed by atoms with Gasteiger partial charge in [-0.25, -0.2) is 4.98 Å². The summed E-state index contributed by atoms with van der Waals surface area (Å²) in [7, 11) is 2.06. The number of rotatable bonds is 5. The smallest absolute Gasteiger partial charge is 0.149 e. The molecule has 0 atom stereocenters. The number of nitrogens with one attached hydrogen (secondary N) is 1. The Balaban J connectivity index is 1.83. The minimum absolute atomic E-state index is 0.779. The molecule has 4 nitrogen and oxygen atoms in total. The molecule has 1 fully saturated rings. The summed E-state index contributed by atoms with van der Waals surface area (Å²) >= 11 is 0. The average molecular weight is 206 g/mol. The molecule has 1 N–H and O–H groups in total. The Morgan fingerprint density at radius 3 is 2.80 bits per heavy atom. The molecular formula is C11H18N4. The number of hydrogen-bond acceptors (Lipinski definition) is 4. The molecule has 0 bridgehead atoms. The summed E-state index contributed by atoms with van der Waals surface area (Å²) in [5.74, 6) is 0.982. The van der Waals surface area contributed by atoms with Crippen LogP contribution in [0.1, 0.15) is 18.5 Å². The van der Waals surface area contributed by atoms with Crippen molar-refractivity contribution >= 4 is 5.82 Å². The van der Waals surface area contributed by atoms with Crippen molar-refractivity contribution < 1.29 is 0 Å².